The van der Waals surface area contributed by atoms with Crippen LogP contribution < -0.4 is 4.74 Å². The largest absolute Gasteiger partial charge is 0.491 e. The Bertz CT molecular complexity index is 877. The monoisotopic (exact) mass is 444 g/mol. The fourth-order valence-corrected chi connectivity index (χ4v) is 4.26. The van der Waals surface area contributed by atoms with Gasteiger partial charge in [0, 0.05) is 38.4 Å². The van der Waals surface area contributed by atoms with E-state index in [4.69, 9.17) is 9.47 Å². The zero-order valence-electron chi connectivity index (χ0n) is 19.7. The number of aryl methyl sites for hydroxylation is 2. The number of nitrogens with zero attached hydrogens (tertiary/aromatic N) is 4. The Kier molecular flexibility index (Phi) is 8.67. The van der Waals surface area contributed by atoms with Crippen LogP contribution in [0.5, 0.6) is 5.75 Å². The number of carbonyl (C=O) groups excluding carboxylic acids is 1. The number of carbonyl (C=O) groups is 1. The van der Waals surface area contributed by atoms with Crippen LogP contribution in [0.25, 0.3) is 0 Å². The molecule has 0 bridgehead atoms. The van der Waals surface area contributed by atoms with Gasteiger partial charge in [-0.05, 0) is 57.6 Å². The van der Waals surface area contributed by atoms with Crippen molar-refractivity contribution in [1.29, 1.82) is 0 Å². The third kappa shape index (κ3) is 7.05. The van der Waals surface area contributed by atoms with Crippen LogP contribution in [-0.2, 0) is 29.7 Å². The van der Waals surface area contributed by atoms with Gasteiger partial charge < -0.3 is 19.5 Å². The van der Waals surface area contributed by atoms with Crippen molar-refractivity contribution in [2.45, 2.75) is 39.0 Å². The van der Waals surface area contributed by atoms with Crippen LogP contribution in [0.15, 0.2) is 30.5 Å². The average Bonchev–Trinajstić information content (AvgIpc) is 3.08. The Morgan fingerprint density at radius 2 is 2.06 bits per heavy atom. The lowest BCUT2D eigenvalue weighted by molar-refractivity contribution is -0.147. The molecule has 0 spiro atoms. The number of hydrogen-bond acceptors (Lipinski definition) is 7. The smallest absolute Gasteiger partial charge is 0.308 e. The molecule has 8 nitrogen and oxygen atoms in total. The summed E-state index contributed by atoms with van der Waals surface area (Å²) >= 11 is 0. The van der Waals surface area contributed by atoms with Crippen molar-refractivity contribution in [3.05, 3.63) is 47.3 Å². The fourth-order valence-electron chi connectivity index (χ4n) is 4.26. The molecule has 0 radical (unpaired) electrons. The average molecular weight is 445 g/mol. The number of esters is 1. The summed E-state index contributed by atoms with van der Waals surface area (Å²) < 4.78 is 12.5. The molecule has 32 heavy (non-hydrogen) atoms. The van der Waals surface area contributed by atoms with Crippen molar-refractivity contribution < 1.29 is 19.4 Å². The lowest BCUT2D eigenvalue weighted by Crippen LogP contribution is -2.42. The molecule has 1 aromatic heterocycles. The molecule has 3 rings (SSSR count). The van der Waals surface area contributed by atoms with E-state index in [1.807, 2.05) is 36.9 Å². The summed E-state index contributed by atoms with van der Waals surface area (Å²) in [5.74, 6) is 0.610. The van der Waals surface area contributed by atoms with E-state index in [2.05, 4.69) is 34.2 Å². The number of likely N-dealkylation sites (tertiary alicyclic amines) is 1. The Morgan fingerprint density at radius 1 is 1.31 bits per heavy atom. The fraction of sp³-hybridized carbons (Fsp3) is 0.583. The third-order valence-electron chi connectivity index (χ3n) is 5.94. The summed E-state index contributed by atoms with van der Waals surface area (Å²) in [5.41, 5.74) is 3.44. The Hall–Kier alpha value is -2.42. The number of aliphatic hydroxyl groups excluding tert-OH is 1. The first-order valence-electron chi connectivity index (χ1n) is 11.2. The van der Waals surface area contributed by atoms with Crippen molar-refractivity contribution in [3.8, 4) is 5.75 Å². The molecule has 1 aliphatic rings. The van der Waals surface area contributed by atoms with E-state index in [1.165, 1.54) is 12.7 Å². The zero-order chi connectivity index (χ0) is 23.1. The molecule has 1 aromatic carbocycles. The van der Waals surface area contributed by atoms with E-state index in [1.54, 1.807) is 0 Å². The number of rotatable bonds is 10. The van der Waals surface area contributed by atoms with Crippen molar-refractivity contribution in [3.63, 3.8) is 0 Å². The van der Waals surface area contributed by atoms with Gasteiger partial charge in [0.2, 0.25) is 0 Å². The van der Waals surface area contributed by atoms with Crippen LogP contribution >= 0.6 is 0 Å². The molecule has 1 atom stereocenters. The zero-order valence-corrected chi connectivity index (χ0v) is 19.7. The van der Waals surface area contributed by atoms with Crippen LogP contribution in [0.2, 0.25) is 0 Å². The number of aromatic nitrogens is 2. The molecular weight excluding hydrogens is 408 g/mol. The molecule has 1 aliphatic heterocycles. The summed E-state index contributed by atoms with van der Waals surface area (Å²) in [6.07, 6.45) is 3.03. The van der Waals surface area contributed by atoms with Crippen LogP contribution in [0.4, 0.5) is 0 Å². The number of benzene rings is 1. The van der Waals surface area contributed by atoms with E-state index in [0.717, 1.165) is 56.0 Å². The van der Waals surface area contributed by atoms with E-state index in [-0.39, 0.29) is 18.5 Å². The van der Waals surface area contributed by atoms with Gasteiger partial charge in [-0.2, -0.15) is 5.10 Å². The van der Waals surface area contributed by atoms with Gasteiger partial charge in [-0.3, -0.25) is 14.4 Å². The molecule has 1 saturated heterocycles. The Balaban J connectivity index is 1.42. The van der Waals surface area contributed by atoms with Crippen molar-refractivity contribution >= 4 is 5.97 Å². The number of ether oxygens (including phenoxy) is 2. The molecule has 0 amide bonds. The van der Waals surface area contributed by atoms with Crippen molar-refractivity contribution in [2.75, 3.05) is 40.4 Å². The topological polar surface area (TPSA) is 80.1 Å². The van der Waals surface area contributed by atoms with E-state index in [9.17, 15) is 9.90 Å². The second kappa shape index (κ2) is 11.4. The van der Waals surface area contributed by atoms with E-state index in [0.29, 0.717) is 6.54 Å². The highest BCUT2D eigenvalue weighted by atomic mass is 16.5. The number of hydrogen-bond donors (Lipinski definition) is 1. The Labute approximate surface area is 190 Å². The van der Waals surface area contributed by atoms with Crippen LogP contribution in [-0.4, -0.2) is 77.2 Å². The van der Waals surface area contributed by atoms with Gasteiger partial charge in [-0.1, -0.05) is 12.1 Å². The molecule has 0 aliphatic carbocycles. The van der Waals surface area contributed by atoms with Gasteiger partial charge in [0.05, 0.1) is 18.7 Å². The van der Waals surface area contributed by atoms with Crippen molar-refractivity contribution in [1.82, 2.24) is 19.6 Å². The number of aliphatic hydroxyl groups is 1. The second-order valence-corrected chi connectivity index (χ2v) is 8.80. The van der Waals surface area contributed by atoms with E-state index >= 15 is 0 Å². The highest BCUT2D eigenvalue weighted by Crippen LogP contribution is 2.19. The standard InChI is InChI=1S/C24H36N4O4/c1-18-21(15-27(3)25-18)14-26(2)13-19-6-5-7-23(12-19)32-17-22(29)16-28-10-8-20(9-11-28)24(30)31-4/h5-7,12,15,20,22,29H,8-11,13-14,16-17H2,1-4H3. The molecule has 8 heteroatoms. The van der Waals surface area contributed by atoms with Gasteiger partial charge in [-0.15, -0.1) is 0 Å². The maximum Gasteiger partial charge on any atom is 0.308 e. The number of piperidine rings is 1. The van der Waals surface area contributed by atoms with E-state index < -0.39 is 6.10 Å². The van der Waals surface area contributed by atoms with Gasteiger partial charge in [0.25, 0.3) is 0 Å². The second-order valence-electron chi connectivity index (χ2n) is 8.80. The van der Waals surface area contributed by atoms with Gasteiger partial charge in [0.15, 0.2) is 0 Å². The van der Waals surface area contributed by atoms with Crippen LogP contribution in [0.3, 0.4) is 0 Å². The summed E-state index contributed by atoms with van der Waals surface area (Å²) in [6.45, 7) is 6.01. The lowest BCUT2D eigenvalue weighted by atomic mass is 9.97. The van der Waals surface area contributed by atoms with Crippen molar-refractivity contribution in [2.24, 2.45) is 13.0 Å². The minimum absolute atomic E-state index is 0.0208. The molecule has 1 unspecified atom stereocenters. The first-order chi connectivity index (χ1) is 15.3. The normalized spacial score (nSPS) is 16.3. The molecule has 1 N–H and O–H groups in total. The molecular formula is C24H36N4O4. The SMILES string of the molecule is COC(=O)C1CCN(CC(O)COc2cccc(CN(C)Cc3cn(C)nc3C)c2)CC1. The van der Waals surface area contributed by atoms with Crippen LogP contribution in [0.1, 0.15) is 29.7 Å². The van der Waals surface area contributed by atoms with Gasteiger partial charge in [0.1, 0.15) is 18.5 Å². The maximum atomic E-state index is 11.6. The van der Waals surface area contributed by atoms with Gasteiger partial charge in [-0.25, -0.2) is 0 Å². The predicted octanol–water partition coefficient (Wildman–Crippen LogP) is 1.99. The predicted molar refractivity (Wildman–Crippen MR) is 122 cm³/mol. The molecule has 176 valence electrons. The minimum atomic E-state index is -0.579. The lowest BCUT2D eigenvalue weighted by Gasteiger charge is -2.31. The Morgan fingerprint density at radius 3 is 2.72 bits per heavy atom. The highest BCUT2D eigenvalue weighted by Gasteiger charge is 2.26. The molecule has 0 saturated carbocycles. The summed E-state index contributed by atoms with van der Waals surface area (Å²) in [4.78, 5) is 16.1. The number of β-amino-alcohol motifs (C(OH)–C–C–N with tert-alkyl or cyclic N) is 1. The van der Waals surface area contributed by atoms with Crippen LogP contribution in [0, 0.1) is 12.8 Å². The summed E-state index contributed by atoms with van der Waals surface area (Å²) in [7, 11) is 5.47. The molecule has 2 heterocycles. The highest BCUT2D eigenvalue weighted by molar-refractivity contribution is 5.72. The first kappa shape index (κ1) is 24.2. The molecule has 2 aromatic rings. The summed E-state index contributed by atoms with van der Waals surface area (Å²) in [6, 6.07) is 8.02. The first-order valence-corrected chi connectivity index (χ1v) is 11.2. The third-order valence-corrected chi connectivity index (χ3v) is 5.94. The number of methoxy groups -OCH3 is 1. The molecule has 1 fully saturated rings. The quantitative estimate of drug-likeness (QED) is 0.562. The maximum absolute atomic E-state index is 11.6. The van der Waals surface area contributed by atoms with Gasteiger partial charge >= 0.3 is 5.97 Å². The minimum Gasteiger partial charge on any atom is -0.491 e. The summed E-state index contributed by atoms with van der Waals surface area (Å²) in [5, 5.41) is 14.8.